The summed E-state index contributed by atoms with van der Waals surface area (Å²) in [6.45, 7) is 0. The number of hydrogen-bond acceptors (Lipinski definition) is 3. The van der Waals surface area contributed by atoms with E-state index in [0.29, 0.717) is 17.4 Å². The number of benzene rings is 4. The third kappa shape index (κ3) is 2.48. The minimum atomic E-state index is -1.69. The first-order chi connectivity index (χ1) is 13.2. The smallest absolute Gasteiger partial charge is 0.217 e. The van der Waals surface area contributed by atoms with Gasteiger partial charge < -0.3 is 4.79 Å². The summed E-state index contributed by atoms with van der Waals surface area (Å²) in [5.41, 5.74) is -0.656. The number of hydrogen-bond donors (Lipinski definition) is 0. The van der Waals surface area contributed by atoms with Gasteiger partial charge in [-0.05, 0) is 32.7 Å². The molecule has 0 N–H and O–H groups in total. The Hall–Kier alpha value is -3.59. The molecule has 27 heavy (non-hydrogen) atoms. The summed E-state index contributed by atoms with van der Waals surface area (Å²) in [6.07, 6.45) is 0.852. The lowest BCUT2D eigenvalue weighted by atomic mass is 9.70. The zero-order chi connectivity index (χ0) is 18.9. The molecule has 0 aliphatic rings. The highest BCUT2D eigenvalue weighted by Gasteiger charge is 2.43. The van der Waals surface area contributed by atoms with Crippen molar-refractivity contribution in [2.45, 2.75) is 5.41 Å². The third-order valence-corrected chi connectivity index (χ3v) is 5.10. The highest BCUT2D eigenvalue weighted by molar-refractivity contribution is 6.37. The van der Waals surface area contributed by atoms with Crippen LogP contribution in [0.3, 0.4) is 0 Å². The summed E-state index contributed by atoms with van der Waals surface area (Å²) in [5, 5.41) is 3.35. The molecular formula is C24H16O3. The Kier molecular flexibility index (Phi) is 4.13. The van der Waals surface area contributed by atoms with Crippen LogP contribution < -0.4 is 0 Å². The van der Waals surface area contributed by atoms with Crippen molar-refractivity contribution >= 4 is 39.9 Å². The first-order valence-electron chi connectivity index (χ1n) is 8.65. The monoisotopic (exact) mass is 352 g/mol. The molecule has 3 nitrogen and oxygen atoms in total. The molecule has 0 aliphatic carbocycles. The topological polar surface area (TPSA) is 51.2 Å². The van der Waals surface area contributed by atoms with Crippen molar-refractivity contribution in [1.82, 2.24) is 0 Å². The summed E-state index contributed by atoms with van der Waals surface area (Å²) >= 11 is 0. The third-order valence-electron chi connectivity index (χ3n) is 5.10. The first kappa shape index (κ1) is 16.9. The zero-order valence-electron chi connectivity index (χ0n) is 14.5. The van der Waals surface area contributed by atoms with Gasteiger partial charge in [0.25, 0.3) is 0 Å². The highest BCUT2D eigenvalue weighted by atomic mass is 16.2. The molecule has 0 amide bonds. The fourth-order valence-electron chi connectivity index (χ4n) is 3.83. The van der Waals surface area contributed by atoms with Crippen LogP contribution in [0.5, 0.6) is 0 Å². The van der Waals surface area contributed by atoms with Crippen molar-refractivity contribution in [2.75, 3.05) is 0 Å². The van der Waals surface area contributed by atoms with E-state index in [-0.39, 0.29) is 6.29 Å². The van der Waals surface area contributed by atoms with Crippen LogP contribution in [0.2, 0.25) is 0 Å². The molecule has 4 aromatic rings. The molecule has 0 fully saturated rings. The maximum atomic E-state index is 13.0. The van der Waals surface area contributed by atoms with Gasteiger partial charge >= 0.3 is 0 Å². The molecule has 3 heteroatoms. The summed E-state index contributed by atoms with van der Waals surface area (Å²) in [5.74, 6) is -0.773. The van der Waals surface area contributed by atoms with E-state index in [1.165, 1.54) is 0 Å². The van der Waals surface area contributed by atoms with Gasteiger partial charge in [-0.15, -0.1) is 0 Å². The molecule has 0 aromatic heterocycles. The number of carbonyl (C=O) groups excluding carboxylic acids is 3. The average Bonchev–Trinajstić information content (AvgIpc) is 2.74. The highest BCUT2D eigenvalue weighted by Crippen LogP contribution is 2.39. The van der Waals surface area contributed by atoms with Gasteiger partial charge in [0.1, 0.15) is 11.7 Å². The lowest BCUT2D eigenvalue weighted by Gasteiger charge is -2.28. The van der Waals surface area contributed by atoms with Crippen LogP contribution in [0, 0.1) is 0 Å². The van der Waals surface area contributed by atoms with Gasteiger partial charge in [-0.2, -0.15) is 0 Å². The van der Waals surface area contributed by atoms with Crippen molar-refractivity contribution in [3.63, 3.8) is 0 Å². The normalized spacial score (nSPS) is 11.4. The van der Waals surface area contributed by atoms with Crippen molar-refractivity contribution in [2.24, 2.45) is 0 Å². The molecule has 0 heterocycles. The number of Topliss-reactive ketones (excluding diaryl/α,β-unsaturated/α-hetero) is 1. The molecular weight excluding hydrogens is 336 g/mol. The number of carbonyl (C=O) groups is 3. The average molecular weight is 352 g/mol. The van der Waals surface area contributed by atoms with Crippen LogP contribution in [-0.4, -0.2) is 18.4 Å². The molecule has 0 bridgehead atoms. The Labute approximate surface area is 156 Å². The minimum absolute atomic E-state index is 0.248. The Morgan fingerprint density at radius 1 is 0.630 bits per heavy atom. The predicted molar refractivity (Wildman–Crippen MR) is 106 cm³/mol. The van der Waals surface area contributed by atoms with Gasteiger partial charge in [-0.3, -0.25) is 9.59 Å². The summed E-state index contributed by atoms with van der Waals surface area (Å²) < 4.78 is 0. The molecule has 0 aliphatic heterocycles. The second-order valence-electron chi connectivity index (χ2n) is 6.46. The quantitative estimate of drug-likeness (QED) is 0.307. The predicted octanol–water partition coefficient (Wildman–Crippen LogP) is 4.25. The van der Waals surface area contributed by atoms with Crippen LogP contribution in [-0.2, 0) is 19.8 Å². The van der Waals surface area contributed by atoms with Gasteiger partial charge in [0.2, 0.25) is 5.78 Å². The standard InChI is InChI=1S/C24H16O3/c25-15-23(27)24(16-26,21-13-5-9-17-7-1-3-11-19(17)21)22-14-6-10-18-8-2-4-12-20(18)22/h1-16H. The van der Waals surface area contributed by atoms with Crippen LogP contribution in [0.15, 0.2) is 84.9 Å². The first-order valence-corrected chi connectivity index (χ1v) is 8.65. The van der Waals surface area contributed by atoms with Crippen molar-refractivity contribution in [3.8, 4) is 0 Å². The number of rotatable bonds is 5. The lowest BCUT2D eigenvalue weighted by Crippen LogP contribution is -2.40. The molecule has 4 rings (SSSR count). The molecule has 0 atom stereocenters. The van der Waals surface area contributed by atoms with E-state index < -0.39 is 11.2 Å². The van der Waals surface area contributed by atoms with E-state index >= 15 is 0 Å². The summed E-state index contributed by atoms with van der Waals surface area (Å²) in [4.78, 5) is 37.1. The number of aldehydes is 2. The number of ketones is 1. The van der Waals surface area contributed by atoms with Gasteiger partial charge in [-0.25, -0.2) is 0 Å². The second-order valence-corrected chi connectivity index (χ2v) is 6.46. The van der Waals surface area contributed by atoms with E-state index in [1.54, 1.807) is 24.3 Å². The summed E-state index contributed by atoms with van der Waals surface area (Å²) in [6, 6.07) is 26.0. The van der Waals surface area contributed by atoms with Crippen molar-refractivity contribution in [1.29, 1.82) is 0 Å². The molecule has 0 unspecified atom stereocenters. The second kappa shape index (κ2) is 6.61. The minimum Gasteiger partial charge on any atom is -0.301 e. The largest absolute Gasteiger partial charge is 0.301 e. The van der Waals surface area contributed by atoms with Crippen LogP contribution in [0.25, 0.3) is 21.5 Å². The van der Waals surface area contributed by atoms with E-state index in [9.17, 15) is 14.4 Å². The van der Waals surface area contributed by atoms with Gasteiger partial charge in [0.05, 0.1) is 0 Å². The molecule has 0 saturated heterocycles. The zero-order valence-corrected chi connectivity index (χ0v) is 14.5. The Morgan fingerprint density at radius 3 is 1.52 bits per heavy atom. The van der Waals surface area contributed by atoms with Gasteiger partial charge in [0, 0.05) is 0 Å². The molecule has 4 aromatic carbocycles. The van der Waals surface area contributed by atoms with E-state index in [4.69, 9.17) is 0 Å². The summed E-state index contributed by atoms with van der Waals surface area (Å²) in [7, 11) is 0. The fourth-order valence-corrected chi connectivity index (χ4v) is 3.83. The number of fused-ring (bicyclic) bond motifs is 2. The van der Waals surface area contributed by atoms with Crippen LogP contribution in [0.1, 0.15) is 11.1 Å². The molecule has 0 saturated carbocycles. The van der Waals surface area contributed by atoms with Crippen molar-refractivity contribution in [3.05, 3.63) is 96.1 Å². The molecule has 130 valence electrons. The molecule has 0 spiro atoms. The maximum absolute atomic E-state index is 13.0. The van der Waals surface area contributed by atoms with Crippen LogP contribution >= 0.6 is 0 Å². The van der Waals surface area contributed by atoms with Crippen molar-refractivity contribution < 1.29 is 14.4 Å². The SMILES string of the molecule is O=CC(=O)C(C=O)(c1cccc2ccccc12)c1cccc2ccccc12. The van der Waals surface area contributed by atoms with E-state index in [0.717, 1.165) is 21.5 Å². The van der Waals surface area contributed by atoms with Crippen LogP contribution in [0.4, 0.5) is 0 Å². The Morgan fingerprint density at radius 2 is 1.07 bits per heavy atom. The van der Waals surface area contributed by atoms with Gasteiger partial charge in [-0.1, -0.05) is 84.9 Å². The maximum Gasteiger partial charge on any atom is 0.217 e. The van der Waals surface area contributed by atoms with E-state index in [2.05, 4.69) is 0 Å². The molecule has 0 radical (unpaired) electrons. The lowest BCUT2D eigenvalue weighted by molar-refractivity contribution is -0.135. The van der Waals surface area contributed by atoms with Gasteiger partial charge in [0.15, 0.2) is 6.29 Å². The Bertz CT molecular complexity index is 1100. The Balaban J connectivity index is 2.18. The van der Waals surface area contributed by atoms with E-state index in [1.807, 2.05) is 60.7 Å². The fraction of sp³-hybridized carbons (Fsp3) is 0.0417.